The van der Waals surface area contributed by atoms with E-state index in [-0.39, 0.29) is 5.56 Å². The van der Waals surface area contributed by atoms with Gasteiger partial charge in [-0.3, -0.25) is 4.90 Å². The van der Waals surface area contributed by atoms with Crippen LogP contribution in [0.5, 0.6) is 0 Å². The number of carboxylic acid groups (broad SMARTS) is 1. The van der Waals surface area contributed by atoms with E-state index in [0.29, 0.717) is 18.7 Å². The first kappa shape index (κ1) is 15.3. The maximum Gasteiger partial charge on any atom is 0.414 e. The van der Waals surface area contributed by atoms with E-state index in [2.05, 4.69) is 0 Å². The fourth-order valence-corrected chi connectivity index (χ4v) is 2.34. The van der Waals surface area contributed by atoms with Crippen molar-refractivity contribution in [1.29, 1.82) is 0 Å². The smallest absolute Gasteiger partial charge is 0.414 e. The summed E-state index contributed by atoms with van der Waals surface area (Å²) in [4.78, 5) is 24.7. The van der Waals surface area contributed by atoms with Crippen LogP contribution in [0.4, 0.5) is 10.5 Å². The summed E-state index contributed by atoms with van der Waals surface area (Å²) >= 11 is 0. The highest BCUT2D eigenvalue weighted by Gasteiger charge is 2.33. The lowest BCUT2D eigenvalue weighted by Crippen LogP contribution is -2.36. The van der Waals surface area contributed by atoms with Crippen molar-refractivity contribution >= 4 is 17.7 Å². The maximum absolute atomic E-state index is 12.2. The molecule has 21 heavy (non-hydrogen) atoms. The summed E-state index contributed by atoms with van der Waals surface area (Å²) in [7, 11) is 0. The average Bonchev–Trinajstić information content (AvgIpc) is 2.79. The second kappa shape index (κ2) is 5.37. The summed E-state index contributed by atoms with van der Waals surface area (Å²) in [6.07, 6.45) is -1.59. The van der Waals surface area contributed by atoms with Crippen LogP contribution in [0.25, 0.3) is 0 Å². The maximum atomic E-state index is 12.2. The first-order valence-corrected chi connectivity index (χ1v) is 6.74. The van der Waals surface area contributed by atoms with Crippen LogP contribution in [0.1, 0.15) is 38.0 Å². The Kier molecular flexibility index (Phi) is 3.91. The number of aliphatic carboxylic acids is 1. The molecule has 0 bridgehead atoms. The molecular formula is C15H19NO5. The fourth-order valence-electron chi connectivity index (χ4n) is 2.34. The molecule has 114 valence electrons. The van der Waals surface area contributed by atoms with Gasteiger partial charge in [-0.05, 0) is 32.8 Å². The molecule has 0 unspecified atom stereocenters. The minimum absolute atomic E-state index is 0.211. The minimum atomic E-state index is -1.66. The van der Waals surface area contributed by atoms with Gasteiger partial charge in [0.15, 0.2) is 6.10 Å². The average molecular weight is 293 g/mol. The largest absolute Gasteiger partial charge is 0.479 e. The molecule has 0 saturated heterocycles. The van der Waals surface area contributed by atoms with Gasteiger partial charge in [0, 0.05) is 12.1 Å². The van der Waals surface area contributed by atoms with E-state index in [1.165, 1.54) is 11.0 Å². The topological polar surface area (TPSA) is 87.1 Å². The molecule has 6 heteroatoms. The molecule has 2 N–H and O–H groups in total. The molecule has 0 spiro atoms. The fraction of sp³-hybridized carbons (Fsp3) is 0.467. The first-order chi connectivity index (χ1) is 9.70. The van der Waals surface area contributed by atoms with E-state index < -0.39 is 23.8 Å². The molecule has 1 atom stereocenters. The van der Waals surface area contributed by atoms with E-state index in [0.717, 1.165) is 5.56 Å². The van der Waals surface area contributed by atoms with Crippen molar-refractivity contribution in [2.75, 3.05) is 11.4 Å². The quantitative estimate of drug-likeness (QED) is 0.872. The number of ether oxygens (including phenoxy) is 1. The van der Waals surface area contributed by atoms with Crippen LogP contribution in [-0.4, -0.2) is 34.4 Å². The third kappa shape index (κ3) is 3.16. The number of anilines is 1. The molecule has 0 saturated carbocycles. The Labute approximate surface area is 122 Å². The van der Waals surface area contributed by atoms with Gasteiger partial charge in [0.1, 0.15) is 5.60 Å². The number of benzene rings is 1. The summed E-state index contributed by atoms with van der Waals surface area (Å²) in [5.74, 6) is -1.35. The number of fused-ring (bicyclic) bond motifs is 1. The number of rotatable bonds is 2. The molecule has 6 nitrogen and oxygen atoms in total. The molecule has 0 radical (unpaired) electrons. The Morgan fingerprint density at radius 2 is 2.00 bits per heavy atom. The van der Waals surface area contributed by atoms with Crippen LogP contribution in [0.3, 0.4) is 0 Å². The Morgan fingerprint density at radius 1 is 1.33 bits per heavy atom. The van der Waals surface area contributed by atoms with Gasteiger partial charge in [0.05, 0.1) is 5.69 Å². The van der Waals surface area contributed by atoms with Crippen molar-refractivity contribution in [3.63, 3.8) is 0 Å². The van der Waals surface area contributed by atoms with Crippen molar-refractivity contribution in [2.24, 2.45) is 0 Å². The van der Waals surface area contributed by atoms with E-state index in [4.69, 9.17) is 9.84 Å². The summed E-state index contributed by atoms with van der Waals surface area (Å²) in [6.45, 7) is 5.70. The Morgan fingerprint density at radius 3 is 2.57 bits per heavy atom. The number of carbonyl (C=O) groups excluding carboxylic acids is 1. The van der Waals surface area contributed by atoms with Crippen molar-refractivity contribution in [3.05, 3.63) is 29.3 Å². The second-order valence-electron chi connectivity index (χ2n) is 5.98. The van der Waals surface area contributed by atoms with Gasteiger partial charge in [0.2, 0.25) is 0 Å². The summed E-state index contributed by atoms with van der Waals surface area (Å²) in [5.41, 5.74) is 0.851. The first-order valence-electron chi connectivity index (χ1n) is 6.74. The van der Waals surface area contributed by atoms with Gasteiger partial charge in [-0.1, -0.05) is 18.2 Å². The summed E-state index contributed by atoms with van der Waals surface area (Å²) in [6, 6.07) is 5.01. The van der Waals surface area contributed by atoms with E-state index in [1.807, 2.05) is 6.07 Å². The SMILES string of the molecule is CC(C)(C)OC(=O)N1CCc2cccc([C@H](O)C(=O)O)c21. The standard InChI is InChI=1S/C15H19NO5/c1-15(2,3)21-14(20)16-8-7-9-5-4-6-10(11(9)16)12(17)13(18)19/h4-6,12,17H,7-8H2,1-3H3,(H,18,19)/t12-/m0/s1. The van der Waals surface area contributed by atoms with Crippen molar-refractivity contribution in [1.82, 2.24) is 0 Å². The predicted octanol–water partition coefficient (Wildman–Crippen LogP) is 2.10. The van der Waals surface area contributed by atoms with Gasteiger partial charge in [-0.25, -0.2) is 9.59 Å². The molecule has 1 aromatic rings. The monoisotopic (exact) mass is 293 g/mol. The Bertz CT molecular complexity index is 576. The van der Waals surface area contributed by atoms with E-state index in [9.17, 15) is 14.7 Å². The predicted molar refractivity (Wildman–Crippen MR) is 76.3 cm³/mol. The van der Waals surface area contributed by atoms with Crippen molar-refractivity contribution in [2.45, 2.75) is 38.9 Å². The third-order valence-electron chi connectivity index (χ3n) is 3.17. The lowest BCUT2D eigenvalue weighted by atomic mass is 10.0. The lowest BCUT2D eigenvalue weighted by molar-refractivity contribution is -0.146. The third-order valence-corrected chi connectivity index (χ3v) is 3.17. The van der Waals surface area contributed by atoms with Gasteiger partial charge in [-0.2, -0.15) is 0 Å². The number of nitrogens with zero attached hydrogens (tertiary/aromatic N) is 1. The molecule has 1 heterocycles. The molecule has 1 aliphatic rings. The van der Waals surface area contributed by atoms with Crippen LogP contribution in [0.15, 0.2) is 18.2 Å². The number of hydrogen-bond donors (Lipinski definition) is 2. The van der Waals surface area contributed by atoms with Crippen LogP contribution in [-0.2, 0) is 16.0 Å². The van der Waals surface area contributed by atoms with Crippen LogP contribution < -0.4 is 4.90 Å². The zero-order valence-electron chi connectivity index (χ0n) is 12.3. The number of carboxylic acids is 1. The molecular weight excluding hydrogens is 274 g/mol. The molecule has 0 aliphatic carbocycles. The molecule has 1 aliphatic heterocycles. The summed E-state index contributed by atoms with van der Waals surface area (Å²) < 4.78 is 5.33. The second-order valence-corrected chi connectivity index (χ2v) is 5.98. The van der Waals surface area contributed by atoms with Crippen LogP contribution in [0.2, 0.25) is 0 Å². The minimum Gasteiger partial charge on any atom is -0.479 e. The van der Waals surface area contributed by atoms with Crippen LogP contribution in [0, 0.1) is 0 Å². The Balaban J connectivity index is 2.38. The normalized spacial score (nSPS) is 15.5. The molecule has 1 aromatic carbocycles. The number of carbonyl (C=O) groups is 2. The van der Waals surface area contributed by atoms with Crippen molar-refractivity contribution < 1.29 is 24.5 Å². The van der Waals surface area contributed by atoms with E-state index in [1.54, 1.807) is 26.8 Å². The molecule has 2 rings (SSSR count). The number of amides is 1. The van der Waals surface area contributed by atoms with Gasteiger partial charge >= 0.3 is 12.1 Å². The number of hydrogen-bond acceptors (Lipinski definition) is 4. The number of para-hydroxylation sites is 1. The van der Waals surface area contributed by atoms with Crippen LogP contribution >= 0.6 is 0 Å². The molecule has 0 fully saturated rings. The number of aliphatic hydroxyl groups excluding tert-OH is 1. The zero-order valence-corrected chi connectivity index (χ0v) is 12.3. The highest BCUT2D eigenvalue weighted by molar-refractivity contribution is 5.93. The van der Waals surface area contributed by atoms with E-state index >= 15 is 0 Å². The van der Waals surface area contributed by atoms with Crippen molar-refractivity contribution in [3.8, 4) is 0 Å². The molecule has 0 aromatic heterocycles. The highest BCUT2D eigenvalue weighted by Crippen LogP contribution is 2.36. The number of aliphatic hydroxyl groups is 1. The lowest BCUT2D eigenvalue weighted by Gasteiger charge is -2.26. The van der Waals surface area contributed by atoms with Gasteiger partial charge in [0.25, 0.3) is 0 Å². The Hall–Kier alpha value is -2.08. The van der Waals surface area contributed by atoms with Gasteiger partial charge < -0.3 is 14.9 Å². The summed E-state index contributed by atoms with van der Waals surface area (Å²) in [5, 5.41) is 18.8. The molecule has 1 amide bonds. The zero-order chi connectivity index (χ0) is 15.8. The highest BCUT2D eigenvalue weighted by atomic mass is 16.6. The van der Waals surface area contributed by atoms with Gasteiger partial charge in [-0.15, -0.1) is 0 Å².